The van der Waals surface area contributed by atoms with Gasteiger partial charge in [-0.15, -0.1) is 0 Å². The van der Waals surface area contributed by atoms with Crippen molar-refractivity contribution in [1.82, 2.24) is 0 Å². The van der Waals surface area contributed by atoms with Crippen LogP contribution >= 0.6 is 0 Å². The maximum absolute atomic E-state index is 11.3. The maximum Gasteiger partial charge on any atom is 0.420 e. The lowest BCUT2D eigenvalue weighted by Gasteiger charge is -2.13. The smallest absolute Gasteiger partial charge is 0.253 e. The Labute approximate surface area is 51.6 Å². The lowest BCUT2D eigenvalue weighted by molar-refractivity contribution is -0.359. The molecule has 7 heteroatoms. The number of halogens is 6. The molecule has 1 nitrogen and oxygen atoms in total. The van der Waals surface area contributed by atoms with Gasteiger partial charge in [-0.2, -0.15) is 17.6 Å². The molecule has 0 rings (SSSR count). The largest absolute Gasteiger partial charge is 0.420 e. The van der Waals surface area contributed by atoms with Crippen molar-refractivity contribution in [2.24, 2.45) is 0 Å². The predicted molar refractivity (Wildman–Crippen MR) is 18.0 cm³/mol. The monoisotopic (exact) mass is 168 g/mol. The van der Waals surface area contributed by atoms with Crippen LogP contribution in [0.3, 0.4) is 0 Å². The molecular weight excluding hydrogens is 166 g/mol. The van der Waals surface area contributed by atoms with Gasteiger partial charge in [-0.3, -0.25) is 4.74 Å². The van der Waals surface area contributed by atoms with Crippen LogP contribution in [0.1, 0.15) is 0 Å². The molecule has 0 N–H and O–H groups in total. The summed E-state index contributed by atoms with van der Waals surface area (Å²) in [5.74, 6) is 0. The third-order valence-corrected chi connectivity index (χ3v) is 0.500. The van der Waals surface area contributed by atoms with E-state index in [0.29, 0.717) is 0 Å². The molecule has 0 spiro atoms. The first-order valence-electron chi connectivity index (χ1n) is 1.98. The zero-order chi connectivity index (χ0) is 8.36. The standard InChI is InChI=1S/C3H2F6O/c4-1(5)3(8,9)10-2(6)7/h1-2H. The second-order valence-electron chi connectivity index (χ2n) is 1.24. The zero-order valence-corrected chi connectivity index (χ0v) is 4.33. The Morgan fingerprint density at radius 1 is 1.00 bits per heavy atom. The van der Waals surface area contributed by atoms with Gasteiger partial charge in [-0.1, -0.05) is 0 Å². The lowest BCUT2D eigenvalue weighted by Crippen LogP contribution is -2.32. The number of rotatable bonds is 3. The maximum atomic E-state index is 11.3. The fourth-order valence-electron chi connectivity index (χ4n) is 0.170. The van der Waals surface area contributed by atoms with Crippen molar-refractivity contribution >= 4 is 0 Å². The molecule has 0 heterocycles. The molecule has 0 saturated carbocycles. The molecule has 0 aliphatic carbocycles. The molecule has 0 bridgehead atoms. The third-order valence-electron chi connectivity index (χ3n) is 0.500. The molecule has 0 aromatic rings. The summed E-state index contributed by atoms with van der Waals surface area (Å²) in [4.78, 5) is 0. The number of ether oxygens (including phenoxy) is 1. The van der Waals surface area contributed by atoms with Crippen LogP contribution < -0.4 is 0 Å². The Bertz CT molecular complexity index is 101. The zero-order valence-electron chi connectivity index (χ0n) is 4.33. The Hall–Kier alpha value is -0.460. The average molecular weight is 168 g/mol. The van der Waals surface area contributed by atoms with Crippen molar-refractivity contribution in [2.75, 3.05) is 0 Å². The molecule has 10 heavy (non-hydrogen) atoms. The van der Waals surface area contributed by atoms with Gasteiger partial charge >= 0.3 is 19.1 Å². The lowest BCUT2D eigenvalue weighted by atomic mass is 10.7. The highest BCUT2D eigenvalue weighted by molar-refractivity contribution is 4.53. The molecule has 0 saturated heterocycles. The minimum Gasteiger partial charge on any atom is -0.253 e. The van der Waals surface area contributed by atoms with E-state index < -0.39 is 19.1 Å². The molecule has 0 radical (unpaired) electrons. The van der Waals surface area contributed by atoms with E-state index in [0.717, 1.165) is 0 Å². The van der Waals surface area contributed by atoms with Gasteiger partial charge in [0.25, 0.3) is 0 Å². The molecule has 0 atom stereocenters. The summed E-state index contributed by atoms with van der Waals surface area (Å²) in [5, 5.41) is 0. The minimum absolute atomic E-state index is 2.28. The van der Waals surface area contributed by atoms with Crippen LogP contribution in [0.4, 0.5) is 26.3 Å². The fourth-order valence-corrected chi connectivity index (χ4v) is 0.170. The summed E-state index contributed by atoms with van der Waals surface area (Å²) in [6, 6.07) is 0. The first-order valence-corrected chi connectivity index (χ1v) is 1.98. The molecule has 0 aliphatic rings. The SMILES string of the molecule is FC(F)OC(F)(F)C(F)F. The highest BCUT2D eigenvalue weighted by Gasteiger charge is 2.44. The van der Waals surface area contributed by atoms with Gasteiger partial charge in [-0.25, -0.2) is 8.78 Å². The molecular formula is C3H2F6O. The quantitative estimate of drug-likeness (QED) is 0.586. The van der Waals surface area contributed by atoms with Gasteiger partial charge in [-0.05, 0) is 0 Å². The van der Waals surface area contributed by atoms with Crippen molar-refractivity contribution in [3.8, 4) is 0 Å². The number of hydrogen-bond donors (Lipinski definition) is 0. The first kappa shape index (κ1) is 9.54. The van der Waals surface area contributed by atoms with Crippen LogP contribution in [-0.4, -0.2) is 19.1 Å². The summed E-state index contributed by atoms with van der Waals surface area (Å²) >= 11 is 0. The van der Waals surface area contributed by atoms with Gasteiger partial charge in [0.15, 0.2) is 0 Å². The van der Waals surface area contributed by atoms with Crippen molar-refractivity contribution < 1.29 is 31.1 Å². The van der Waals surface area contributed by atoms with Crippen LogP contribution in [0.5, 0.6) is 0 Å². The highest BCUT2D eigenvalue weighted by atomic mass is 19.3. The van der Waals surface area contributed by atoms with E-state index in [4.69, 9.17) is 0 Å². The summed E-state index contributed by atoms with van der Waals surface area (Å²) in [6.07, 6.45) is -9.30. The first-order chi connectivity index (χ1) is 4.36. The van der Waals surface area contributed by atoms with E-state index >= 15 is 0 Å². The van der Waals surface area contributed by atoms with E-state index in [9.17, 15) is 26.3 Å². The van der Waals surface area contributed by atoms with E-state index in [1.807, 2.05) is 0 Å². The van der Waals surface area contributed by atoms with Gasteiger partial charge in [0.05, 0.1) is 0 Å². The highest BCUT2D eigenvalue weighted by Crippen LogP contribution is 2.26. The van der Waals surface area contributed by atoms with Gasteiger partial charge < -0.3 is 0 Å². The van der Waals surface area contributed by atoms with Crippen molar-refractivity contribution in [3.63, 3.8) is 0 Å². The van der Waals surface area contributed by atoms with Crippen LogP contribution in [0.15, 0.2) is 0 Å². The van der Waals surface area contributed by atoms with Crippen LogP contribution in [0.2, 0.25) is 0 Å². The number of hydrogen-bond acceptors (Lipinski definition) is 1. The Morgan fingerprint density at radius 3 is 1.50 bits per heavy atom. The summed E-state index contributed by atoms with van der Waals surface area (Å²) in [7, 11) is 0. The van der Waals surface area contributed by atoms with Gasteiger partial charge in [0.1, 0.15) is 0 Å². The minimum atomic E-state index is -5.06. The second kappa shape index (κ2) is 3.09. The molecule has 62 valence electrons. The van der Waals surface area contributed by atoms with E-state index in [1.165, 1.54) is 0 Å². The van der Waals surface area contributed by atoms with E-state index in [2.05, 4.69) is 4.74 Å². The van der Waals surface area contributed by atoms with Crippen molar-refractivity contribution in [2.45, 2.75) is 19.1 Å². The molecule has 0 amide bonds. The predicted octanol–water partition coefficient (Wildman–Crippen LogP) is 2.08. The average Bonchev–Trinajstić information content (AvgIpc) is 1.60. The Balaban J connectivity index is 3.87. The molecule has 0 aromatic heterocycles. The summed E-state index contributed by atoms with van der Waals surface area (Å²) < 4.78 is 68.6. The Kier molecular flexibility index (Phi) is 2.95. The van der Waals surface area contributed by atoms with Gasteiger partial charge in [0, 0.05) is 0 Å². The Morgan fingerprint density at radius 2 is 1.40 bits per heavy atom. The number of alkyl halides is 6. The third kappa shape index (κ3) is 2.90. The fraction of sp³-hybridized carbons (Fsp3) is 1.00. The van der Waals surface area contributed by atoms with Crippen LogP contribution in [-0.2, 0) is 4.74 Å². The van der Waals surface area contributed by atoms with Crippen molar-refractivity contribution in [1.29, 1.82) is 0 Å². The topological polar surface area (TPSA) is 9.23 Å². The summed E-state index contributed by atoms with van der Waals surface area (Å²) in [5.41, 5.74) is 0. The van der Waals surface area contributed by atoms with Crippen LogP contribution in [0, 0.1) is 0 Å². The van der Waals surface area contributed by atoms with Crippen molar-refractivity contribution in [3.05, 3.63) is 0 Å². The molecule has 0 aliphatic heterocycles. The normalized spacial score (nSPS) is 13.2. The van der Waals surface area contributed by atoms with E-state index in [1.54, 1.807) is 0 Å². The molecule has 0 unspecified atom stereocenters. The molecule has 0 aromatic carbocycles. The van der Waals surface area contributed by atoms with Gasteiger partial charge in [0.2, 0.25) is 0 Å². The molecule has 0 fully saturated rings. The summed E-state index contributed by atoms with van der Waals surface area (Å²) in [6.45, 7) is -3.90. The second-order valence-corrected chi connectivity index (χ2v) is 1.24. The van der Waals surface area contributed by atoms with E-state index in [-0.39, 0.29) is 0 Å². The van der Waals surface area contributed by atoms with Crippen LogP contribution in [0.25, 0.3) is 0 Å².